The molecule has 2 aliphatic rings. The molecule has 0 heterocycles. The molecule has 3 unspecified atom stereocenters. The van der Waals surface area contributed by atoms with Crippen molar-refractivity contribution >= 4 is 17.9 Å². The van der Waals surface area contributed by atoms with Crippen LogP contribution in [0, 0.1) is 11.8 Å². The Balaban J connectivity index is 1.97. The van der Waals surface area contributed by atoms with E-state index in [4.69, 9.17) is 4.74 Å². The van der Waals surface area contributed by atoms with Crippen LogP contribution < -0.4 is 0 Å². The Morgan fingerprint density at radius 3 is 2.57 bits per heavy atom. The Kier molecular flexibility index (Phi) is 3.26. The van der Waals surface area contributed by atoms with E-state index in [2.05, 4.69) is 12.6 Å². The lowest BCUT2D eigenvalue weighted by molar-refractivity contribution is 0.00519. The SMILES string of the molecule is O=C([S])OC1CCCC2CCCCC21. The molecular weight excluding hydrogens is 196 g/mol. The van der Waals surface area contributed by atoms with Crippen LogP contribution in [0.4, 0.5) is 4.79 Å². The zero-order chi connectivity index (χ0) is 9.97. The Morgan fingerprint density at radius 1 is 1.07 bits per heavy atom. The Bertz CT molecular complexity index is 215. The molecule has 3 atom stereocenters. The van der Waals surface area contributed by atoms with Gasteiger partial charge in [0.15, 0.2) is 0 Å². The maximum Gasteiger partial charge on any atom is 0.400 e. The summed E-state index contributed by atoms with van der Waals surface area (Å²) in [5.74, 6) is 1.42. The summed E-state index contributed by atoms with van der Waals surface area (Å²) in [6.07, 6.45) is 8.92. The molecule has 0 amide bonds. The van der Waals surface area contributed by atoms with Gasteiger partial charge in [-0.3, -0.25) is 0 Å². The first-order valence-electron chi connectivity index (χ1n) is 5.65. The van der Waals surface area contributed by atoms with E-state index >= 15 is 0 Å². The normalized spacial score (nSPS) is 37.3. The summed E-state index contributed by atoms with van der Waals surface area (Å²) >= 11 is 4.49. The zero-order valence-corrected chi connectivity index (χ0v) is 9.22. The minimum atomic E-state index is -0.513. The average Bonchev–Trinajstić information content (AvgIpc) is 2.18. The summed E-state index contributed by atoms with van der Waals surface area (Å²) < 4.78 is 5.24. The van der Waals surface area contributed by atoms with Crippen molar-refractivity contribution in [2.24, 2.45) is 11.8 Å². The van der Waals surface area contributed by atoms with Crippen molar-refractivity contribution in [3.05, 3.63) is 0 Å². The molecule has 1 radical (unpaired) electrons. The minimum Gasteiger partial charge on any atom is -0.451 e. The van der Waals surface area contributed by atoms with Gasteiger partial charge in [0.05, 0.1) is 0 Å². The van der Waals surface area contributed by atoms with Gasteiger partial charge in [-0.1, -0.05) is 19.3 Å². The van der Waals surface area contributed by atoms with Crippen molar-refractivity contribution in [3.63, 3.8) is 0 Å². The minimum absolute atomic E-state index is 0.138. The predicted molar refractivity (Wildman–Crippen MR) is 57.2 cm³/mol. The maximum atomic E-state index is 10.8. The van der Waals surface area contributed by atoms with E-state index in [9.17, 15) is 4.79 Å². The molecule has 0 saturated heterocycles. The molecule has 0 bridgehead atoms. The highest BCUT2D eigenvalue weighted by atomic mass is 32.1. The molecule has 0 aromatic rings. The molecule has 3 heteroatoms. The van der Waals surface area contributed by atoms with Crippen LogP contribution in [0.25, 0.3) is 0 Å². The summed E-state index contributed by atoms with van der Waals surface area (Å²) in [5, 5.41) is -0.513. The summed E-state index contributed by atoms with van der Waals surface area (Å²) in [6.45, 7) is 0. The smallest absolute Gasteiger partial charge is 0.400 e. The van der Waals surface area contributed by atoms with E-state index in [1.807, 2.05) is 0 Å². The highest BCUT2D eigenvalue weighted by Crippen LogP contribution is 2.41. The van der Waals surface area contributed by atoms with E-state index in [0.29, 0.717) is 5.92 Å². The molecule has 2 fully saturated rings. The van der Waals surface area contributed by atoms with Crippen LogP contribution in [-0.4, -0.2) is 11.4 Å². The number of rotatable bonds is 1. The molecule has 2 rings (SSSR count). The molecular formula is C11H17O2S. The fourth-order valence-electron chi connectivity index (χ4n) is 3.15. The van der Waals surface area contributed by atoms with Gasteiger partial charge < -0.3 is 4.74 Å². The largest absolute Gasteiger partial charge is 0.451 e. The van der Waals surface area contributed by atoms with E-state index in [-0.39, 0.29) is 6.10 Å². The lowest BCUT2D eigenvalue weighted by Crippen LogP contribution is -2.36. The molecule has 2 nitrogen and oxygen atoms in total. The number of carbonyl (C=O) groups excluding carboxylic acids is 1. The Labute approximate surface area is 90.8 Å². The van der Waals surface area contributed by atoms with Gasteiger partial charge in [-0.25, -0.2) is 4.79 Å². The lowest BCUT2D eigenvalue weighted by atomic mass is 9.69. The highest BCUT2D eigenvalue weighted by molar-refractivity contribution is 7.96. The Hall–Kier alpha value is -0.310. The summed E-state index contributed by atoms with van der Waals surface area (Å²) in [7, 11) is 0. The molecule has 0 aromatic carbocycles. The third-order valence-corrected chi connectivity index (χ3v) is 3.85. The van der Waals surface area contributed by atoms with Crippen molar-refractivity contribution < 1.29 is 9.53 Å². The van der Waals surface area contributed by atoms with Gasteiger partial charge in [0, 0.05) is 12.6 Å². The number of fused-ring (bicyclic) bond motifs is 1. The molecule has 0 spiro atoms. The molecule has 2 aliphatic carbocycles. The summed E-state index contributed by atoms with van der Waals surface area (Å²) in [5.41, 5.74) is 0. The summed E-state index contributed by atoms with van der Waals surface area (Å²) in [4.78, 5) is 10.8. The van der Waals surface area contributed by atoms with Gasteiger partial charge in [0.2, 0.25) is 0 Å². The maximum absolute atomic E-state index is 10.8. The van der Waals surface area contributed by atoms with Gasteiger partial charge in [-0.05, 0) is 37.5 Å². The van der Waals surface area contributed by atoms with Gasteiger partial charge in [0.25, 0.3) is 0 Å². The van der Waals surface area contributed by atoms with Crippen LogP contribution in [0.1, 0.15) is 44.9 Å². The monoisotopic (exact) mass is 213 g/mol. The number of carbonyl (C=O) groups is 1. The van der Waals surface area contributed by atoms with E-state index < -0.39 is 5.30 Å². The Morgan fingerprint density at radius 2 is 1.79 bits per heavy atom. The van der Waals surface area contributed by atoms with E-state index in [0.717, 1.165) is 12.3 Å². The first-order chi connectivity index (χ1) is 6.77. The van der Waals surface area contributed by atoms with Gasteiger partial charge >= 0.3 is 5.30 Å². The third kappa shape index (κ3) is 2.19. The molecule has 79 valence electrons. The van der Waals surface area contributed by atoms with E-state index in [1.165, 1.54) is 38.5 Å². The summed E-state index contributed by atoms with van der Waals surface area (Å²) in [6, 6.07) is 0. The number of hydrogen-bond donors (Lipinski definition) is 0. The van der Waals surface area contributed by atoms with Crippen LogP contribution in [0.2, 0.25) is 0 Å². The van der Waals surface area contributed by atoms with Crippen LogP contribution in [0.15, 0.2) is 0 Å². The van der Waals surface area contributed by atoms with Crippen molar-refractivity contribution in [2.75, 3.05) is 0 Å². The molecule has 14 heavy (non-hydrogen) atoms. The standard InChI is InChI=1S/C11H17O2S/c12-11(14)13-10-7-3-5-8-4-1-2-6-9(8)10/h8-10H,1-7H2. The predicted octanol–water partition coefficient (Wildman–Crippen LogP) is 3.68. The van der Waals surface area contributed by atoms with Crippen LogP contribution >= 0.6 is 12.6 Å². The fraction of sp³-hybridized carbons (Fsp3) is 0.909. The van der Waals surface area contributed by atoms with Crippen molar-refractivity contribution in [2.45, 2.75) is 51.0 Å². The van der Waals surface area contributed by atoms with Crippen molar-refractivity contribution in [1.82, 2.24) is 0 Å². The molecule has 0 aromatic heterocycles. The van der Waals surface area contributed by atoms with E-state index in [1.54, 1.807) is 0 Å². The van der Waals surface area contributed by atoms with Gasteiger partial charge in [0.1, 0.15) is 6.10 Å². The molecule has 0 aliphatic heterocycles. The first-order valence-corrected chi connectivity index (χ1v) is 6.06. The zero-order valence-electron chi connectivity index (χ0n) is 8.41. The van der Waals surface area contributed by atoms with Gasteiger partial charge in [-0.2, -0.15) is 0 Å². The van der Waals surface area contributed by atoms with Gasteiger partial charge in [-0.15, -0.1) is 0 Å². The van der Waals surface area contributed by atoms with Crippen molar-refractivity contribution in [3.8, 4) is 0 Å². The first kappa shape index (κ1) is 10.2. The third-order valence-electron chi connectivity index (χ3n) is 3.76. The number of ether oxygens (including phenoxy) is 1. The second kappa shape index (κ2) is 4.47. The lowest BCUT2D eigenvalue weighted by Gasteiger charge is -2.40. The van der Waals surface area contributed by atoms with Crippen LogP contribution in [-0.2, 0) is 4.74 Å². The van der Waals surface area contributed by atoms with Crippen molar-refractivity contribution in [1.29, 1.82) is 0 Å². The molecule has 2 saturated carbocycles. The quantitative estimate of drug-likeness (QED) is 0.621. The number of hydrogen-bond acceptors (Lipinski definition) is 2. The highest BCUT2D eigenvalue weighted by Gasteiger charge is 2.36. The van der Waals surface area contributed by atoms with Crippen LogP contribution in [0.3, 0.4) is 0 Å². The second-order valence-electron chi connectivity index (χ2n) is 4.55. The average molecular weight is 213 g/mol. The molecule has 0 N–H and O–H groups in total. The van der Waals surface area contributed by atoms with Crippen LogP contribution in [0.5, 0.6) is 0 Å². The topological polar surface area (TPSA) is 26.3 Å². The second-order valence-corrected chi connectivity index (χ2v) is 4.88. The fourth-order valence-corrected chi connectivity index (χ4v) is 3.27.